The van der Waals surface area contributed by atoms with Gasteiger partial charge in [-0.2, -0.15) is 0 Å². The van der Waals surface area contributed by atoms with Crippen molar-refractivity contribution in [2.45, 2.75) is 0 Å². The number of carbonyl (C=O) groups is 5. The minimum Gasteiger partial charge on any atom is -0.277 e. The Morgan fingerprint density at radius 2 is 0.345 bits per heavy atom. The van der Waals surface area contributed by atoms with E-state index in [0.717, 1.165) is 17.1 Å². The number of hydrogen-bond acceptors (Lipinski definition) is 5. The van der Waals surface area contributed by atoms with Crippen molar-refractivity contribution in [2.75, 3.05) is 24.5 Å². The summed E-state index contributed by atoms with van der Waals surface area (Å²) in [6.45, 7) is 0. The van der Waals surface area contributed by atoms with Crippen molar-refractivity contribution in [3.63, 3.8) is 0 Å². The maximum absolute atomic E-state index is 15.1. The molecule has 10 heteroatoms. The van der Waals surface area contributed by atoms with Gasteiger partial charge in [0.05, 0.1) is 11.1 Å². The second-order valence-electron chi connectivity index (χ2n) is 19.9. The fourth-order valence-electron chi connectivity index (χ4n) is 10.1. The van der Waals surface area contributed by atoms with Crippen LogP contribution in [0.3, 0.4) is 0 Å². The molecule has 0 spiro atoms. The van der Waals surface area contributed by atoms with Crippen LogP contribution in [0.15, 0.2) is 346 Å². The first-order valence-electron chi connectivity index (χ1n) is 28.3. The molecule has 0 aliphatic rings. The molecular weight excluding hydrogens is 1070 g/mol. The molecule has 12 aromatic rings. The van der Waals surface area contributed by atoms with Crippen molar-refractivity contribution >= 4 is 86.4 Å². The highest BCUT2D eigenvalue weighted by Gasteiger charge is 2.31. The lowest BCUT2D eigenvalue weighted by Crippen LogP contribution is -2.32. The second-order valence-corrected chi connectivity index (χ2v) is 19.9. The van der Waals surface area contributed by atoms with Gasteiger partial charge in [-0.1, -0.05) is 182 Å². The van der Waals surface area contributed by atoms with Crippen LogP contribution in [0.25, 0.3) is 0 Å². The molecule has 0 fully saturated rings. The van der Waals surface area contributed by atoms with Gasteiger partial charge >= 0.3 is 0 Å². The van der Waals surface area contributed by atoms with Gasteiger partial charge in [0.15, 0.2) is 0 Å². The molecule has 0 atom stereocenters. The minimum atomic E-state index is -0.461. The van der Waals surface area contributed by atoms with Gasteiger partial charge in [-0.05, 0) is 164 Å². The van der Waals surface area contributed by atoms with E-state index in [2.05, 4.69) is 0 Å². The number of para-hydroxylation sites is 9. The Bertz CT molecular complexity index is 4070. The summed E-state index contributed by atoms with van der Waals surface area (Å²) in [7, 11) is 0. The Morgan fingerprint density at radius 3 is 0.609 bits per heavy atom. The fourth-order valence-corrected chi connectivity index (χ4v) is 10.1. The molecule has 420 valence electrons. The van der Waals surface area contributed by atoms with Crippen LogP contribution < -0.4 is 24.5 Å². The molecule has 87 heavy (non-hydrogen) atoms. The number of hydrogen-bond donors (Lipinski definition) is 0. The fraction of sp³-hybridized carbons (Fsp3) is 0. The van der Waals surface area contributed by atoms with E-state index < -0.39 is 11.8 Å². The zero-order chi connectivity index (χ0) is 59.7. The molecule has 0 N–H and O–H groups in total. The zero-order valence-electron chi connectivity index (χ0n) is 47.2. The summed E-state index contributed by atoms with van der Waals surface area (Å²) in [6, 6.07) is 106. The first-order chi connectivity index (χ1) is 42.8. The molecule has 0 aliphatic carbocycles. The molecule has 0 radical (unpaired) electrons. The third-order valence-electron chi connectivity index (χ3n) is 14.3. The third kappa shape index (κ3) is 13.1. The number of rotatable bonds is 15. The van der Waals surface area contributed by atoms with E-state index in [-0.39, 0.29) is 34.4 Å². The molecule has 0 saturated heterocycles. The molecule has 12 rings (SSSR count). The van der Waals surface area contributed by atoms with Crippen molar-refractivity contribution in [3.05, 3.63) is 374 Å². The average Bonchev–Trinajstić information content (AvgIpc) is 1.51. The molecule has 10 nitrogen and oxygen atoms in total. The molecule has 0 saturated carbocycles. The molecule has 0 aromatic heterocycles. The van der Waals surface area contributed by atoms with E-state index in [0.29, 0.717) is 50.9 Å². The largest absolute Gasteiger partial charge is 0.277 e. The van der Waals surface area contributed by atoms with Gasteiger partial charge in [0.2, 0.25) is 0 Å². The molecule has 5 amide bonds. The summed E-state index contributed by atoms with van der Waals surface area (Å²) < 4.78 is 0. The highest BCUT2D eigenvalue weighted by molar-refractivity contribution is 6.22. The predicted octanol–water partition coefficient (Wildman–Crippen LogP) is 18.3. The lowest BCUT2D eigenvalue weighted by Gasteiger charge is -2.28. The summed E-state index contributed by atoms with van der Waals surface area (Å²) in [6.07, 6.45) is 0. The van der Waals surface area contributed by atoms with Gasteiger partial charge in [0.25, 0.3) is 29.5 Å². The van der Waals surface area contributed by atoms with Crippen LogP contribution >= 0.6 is 0 Å². The number of benzene rings is 12. The average molecular weight is 1130 g/mol. The van der Waals surface area contributed by atoms with E-state index in [9.17, 15) is 19.2 Å². The molecule has 0 aliphatic heterocycles. The van der Waals surface area contributed by atoms with Crippen molar-refractivity contribution < 1.29 is 24.0 Å². The highest BCUT2D eigenvalue weighted by atomic mass is 16.2. The van der Waals surface area contributed by atoms with Gasteiger partial charge in [0, 0.05) is 73.6 Å². The smallest absolute Gasteiger partial charge is 0.263 e. The normalized spacial score (nSPS) is 10.5. The van der Waals surface area contributed by atoms with Gasteiger partial charge in [-0.15, -0.1) is 0 Å². The monoisotopic (exact) mass is 1130 g/mol. The number of carbonyl (C=O) groups excluding carboxylic acids is 5. The Hall–Kier alpha value is -12.0. The van der Waals surface area contributed by atoms with Gasteiger partial charge in [-0.3, -0.25) is 48.5 Å². The lowest BCUT2D eigenvalue weighted by atomic mass is 9.99. The molecule has 0 heterocycles. The number of amides is 5. The summed E-state index contributed by atoms with van der Waals surface area (Å²) in [5.41, 5.74) is 8.38. The maximum Gasteiger partial charge on any atom is 0.263 e. The number of nitrogens with zero attached hydrogens (tertiary/aromatic N) is 5. The van der Waals surface area contributed by atoms with Crippen LogP contribution in [0.2, 0.25) is 0 Å². The Balaban J connectivity index is 0.000000191. The van der Waals surface area contributed by atoms with Crippen LogP contribution in [0.1, 0.15) is 51.8 Å². The summed E-state index contributed by atoms with van der Waals surface area (Å²) in [5.74, 6) is -1.53. The molecular formula is C77H57N5O5. The summed E-state index contributed by atoms with van der Waals surface area (Å²) in [5, 5.41) is 0. The third-order valence-corrected chi connectivity index (χ3v) is 14.3. The summed E-state index contributed by atoms with van der Waals surface area (Å²) in [4.78, 5) is 79.9. The maximum atomic E-state index is 15.1. The second kappa shape index (κ2) is 27.4. The van der Waals surface area contributed by atoms with Crippen LogP contribution in [0.4, 0.5) is 56.9 Å². The van der Waals surface area contributed by atoms with Crippen LogP contribution in [-0.4, -0.2) is 29.5 Å². The predicted molar refractivity (Wildman–Crippen MR) is 350 cm³/mol. The van der Waals surface area contributed by atoms with Crippen LogP contribution in [-0.2, 0) is 0 Å². The lowest BCUT2D eigenvalue weighted by molar-refractivity contribution is 0.0965. The minimum absolute atomic E-state index is 0.0801. The topological polar surface area (TPSA) is 102 Å². The molecule has 0 unspecified atom stereocenters. The quantitative estimate of drug-likeness (QED) is 0.102. The van der Waals surface area contributed by atoms with Crippen molar-refractivity contribution in [1.29, 1.82) is 0 Å². The Labute approximate surface area is 505 Å². The van der Waals surface area contributed by atoms with E-state index in [4.69, 9.17) is 0 Å². The first kappa shape index (κ1) is 56.8. The Kier molecular flexibility index (Phi) is 17.9. The van der Waals surface area contributed by atoms with Crippen LogP contribution in [0, 0.1) is 0 Å². The summed E-state index contributed by atoms with van der Waals surface area (Å²) >= 11 is 0. The highest BCUT2D eigenvalue weighted by Crippen LogP contribution is 2.36. The van der Waals surface area contributed by atoms with E-state index in [1.807, 2.05) is 303 Å². The van der Waals surface area contributed by atoms with Crippen molar-refractivity contribution in [2.24, 2.45) is 0 Å². The van der Waals surface area contributed by atoms with Crippen LogP contribution in [0.5, 0.6) is 0 Å². The van der Waals surface area contributed by atoms with Gasteiger partial charge < -0.3 is 0 Å². The van der Waals surface area contributed by atoms with E-state index >= 15 is 4.79 Å². The molecule has 0 bridgehead atoms. The SMILES string of the molecule is O=C(c1ccc(C(=O)N(c2ccccc2)c2ccccc2)c(C(=O)N(c2ccccc2)c2ccccc2)c1)N(c1ccccc1)c1ccccc1.O=C(c1ccc(N(C(=O)c2ccccc2)c2ccccc2)cc1)N(c1ccccc1)c1ccccc1. The molecule has 12 aromatic carbocycles. The number of anilines is 10. The van der Waals surface area contributed by atoms with Crippen molar-refractivity contribution in [1.82, 2.24) is 0 Å². The van der Waals surface area contributed by atoms with E-state index in [1.54, 1.807) is 67.0 Å². The first-order valence-corrected chi connectivity index (χ1v) is 28.3. The van der Waals surface area contributed by atoms with Gasteiger partial charge in [-0.25, -0.2) is 0 Å². The van der Waals surface area contributed by atoms with Gasteiger partial charge in [0.1, 0.15) is 0 Å². The Morgan fingerprint density at radius 1 is 0.161 bits per heavy atom. The zero-order valence-corrected chi connectivity index (χ0v) is 47.2. The van der Waals surface area contributed by atoms with E-state index in [1.165, 1.54) is 0 Å². The van der Waals surface area contributed by atoms with Crippen molar-refractivity contribution in [3.8, 4) is 0 Å². The standard InChI is InChI=1S/C45H33N3O3.C32H24N2O2/c49-43(46(35-19-7-1-8-20-35)36-21-9-2-10-22-36)34-31-32-41(44(50)47(37-23-11-3-12-24-37)38-25-13-4-14-26-38)42(33-34)45(51)48(39-27-15-5-16-28-39)40-29-17-6-18-30-40;35-31(25-13-5-1-6-14-25)34(29-19-11-4-12-20-29)30-23-21-26(22-24-30)32(36)33(27-15-7-2-8-16-27)28-17-9-3-10-18-28/h1-33H;1-24H.